The van der Waals surface area contributed by atoms with E-state index in [1.807, 2.05) is 63.3 Å². The van der Waals surface area contributed by atoms with Crippen molar-refractivity contribution < 1.29 is 13.5 Å². The monoisotopic (exact) mass is 423 g/mol. The highest BCUT2D eigenvalue weighted by Crippen LogP contribution is 2.09. The highest BCUT2D eigenvalue weighted by molar-refractivity contribution is 7.88. The summed E-state index contributed by atoms with van der Waals surface area (Å²) in [6.45, 7) is 9.71. The van der Waals surface area contributed by atoms with Gasteiger partial charge in [0.1, 0.15) is 0 Å². The second-order valence-corrected chi connectivity index (χ2v) is 9.28. The van der Waals surface area contributed by atoms with Crippen molar-refractivity contribution in [2.75, 3.05) is 19.3 Å². The molecular weight excluding hydrogens is 386 g/mol. The summed E-state index contributed by atoms with van der Waals surface area (Å²) in [4.78, 5) is 0. The number of sulfonamides is 1. The van der Waals surface area contributed by atoms with Gasteiger partial charge >= 0.3 is 0 Å². The molecule has 2 unspecified atom stereocenters. The Balaban J connectivity index is 0.000000828. The van der Waals surface area contributed by atoms with Crippen LogP contribution < -0.4 is 11.5 Å². The third kappa shape index (κ3) is 13.0. The van der Waals surface area contributed by atoms with Gasteiger partial charge in [0.05, 0.1) is 12.4 Å². The van der Waals surface area contributed by atoms with Crippen LogP contribution in [0.4, 0.5) is 0 Å². The van der Waals surface area contributed by atoms with Gasteiger partial charge in [-0.3, -0.25) is 0 Å². The molecule has 0 saturated carbocycles. The van der Waals surface area contributed by atoms with Crippen LogP contribution in [0.25, 0.3) is 0 Å². The zero-order chi connectivity index (χ0) is 22.4. The Labute approximate surface area is 176 Å². The van der Waals surface area contributed by atoms with Gasteiger partial charge in [0, 0.05) is 24.8 Å². The van der Waals surface area contributed by atoms with Crippen molar-refractivity contribution >= 4 is 10.0 Å². The van der Waals surface area contributed by atoms with Crippen LogP contribution in [-0.2, 0) is 16.4 Å². The molecule has 0 amide bonds. The van der Waals surface area contributed by atoms with Gasteiger partial charge < -0.3 is 16.6 Å². The molecule has 0 radical (unpaired) electrons. The molecule has 6 nitrogen and oxygen atoms in total. The molecule has 0 aliphatic heterocycles. The van der Waals surface area contributed by atoms with E-state index < -0.39 is 22.2 Å². The fourth-order valence-corrected chi connectivity index (χ4v) is 3.50. The molecule has 0 aromatic heterocycles. The first-order chi connectivity index (χ1) is 13.5. The van der Waals surface area contributed by atoms with Gasteiger partial charge in [0.15, 0.2) is 0 Å². The second kappa shape index (κ2) is 14.1. The normalized spacial score (nSPS) is 14.6. The molecule has 29 heavy (non-hydrogen) atoms. The lowest BCUT2D eigenvalue weighted by Crippen LogP contribution is -2.47. The van der Waals surface area contributed by atoms with Crippen molar-refractivity contribution in [1.29, 1.82) is 0 Å². The van der Waals surface area contributed by atoms with Crippen LogP contribution in [-0.4, -0.2) is 49.3 Å². The van der Waals surface area contributed by atoms with Crippen molar-refractivity contribution in [3.8, 4) is 0 Å². The number of nitrogens with zero attached hydrogens (tertiary/aromatic N) is 1. The number of rotatable bonds is 10. The molecule has 0 bridgehead atoms. The van der Waals surface area contributed by atoms with E-state index in [0.29, 0.717) is 13.0 Å². The molecular formula is C22H37N3O3S. The Hall–Kier alpha value is -1.93. The van der Waals surface area contributed by atoms with E-state index in [2.05, 4.69) is 6.58 Å². The molecule has 0 fully saturated rings. The Morgan fingerprint density at radius 1 is 1.24 bits per heavy atom. The van der Waals surface area contributed by atoms with Gasteiger partial charge in [-0.05, 0) is 37.0 Å². The molecule has 1 rings (SSSR count). The smallest absolute Gasteiger partial charge is 0.211 e. The first-order valence-electron chi connectivity index (χ1n) is 9.64. The summed E-state index contributed by atoms with van der Waals surface area (Å²) in [7, 11) is -3.34. The van der Waals surface area contributed by atoms with E-state index in [4.69, 9.17) is 11.5 Å². The van der Waals surface area contributed by atoms with E-state index in [9.17, 15) is 13.5 Å². The standard InChI is InChI=1S/C15H26N2O3S.C7H11N/c1-12(2)10-17(21(3,19)20)11-15(18)14(16)9-13-7-5-4-6-8-13;1-3-5-7(8)6-4-2/h4-8,12,14-15,18H,9-11,16H2,1-3H3;3-6H,1,8H2,2H3/b;6-4-,7-5+. The summed E-state index contributed by atoms with van der Waals surface area (Å²) in [5.41, 5.74) is 13.2. The number of hydrogen-bond donors (Lipinski definition) is 3. The van der Waals surface area contributed by atoms with Crippen LogP contribution in [0.15, 0.2) is 66.9 Å². The SMILES string of the molecule is C=C/C=C(N)\C=C/C.CC(C)CN(CC(O)C(N)Cc1ccccc1)S(C)(=O)=O. The molecule has 0 spiro atoms. The quantitative estimate of drug-likeness (QED) is 0.501. The fourth-order valence-electron chi connectivity index (χ4n) is 2.50. The summed E-state index contributed by atoms with van der Waals surface area (Å²) >= 11 is 0. The number of benzene rings is 1. The third-order valence-electron chi connectivity index (χ3n) is 3.91. The van der Waals surface area contributed by atoms with Crippen LogP contribution in [0.5, 0.6) is 0 Å². The highest BCUT2D eigenvalue weighted by Gasteiger charge is 2.24. The predicted octanol–water partition coefficient (Wildman–Crippen LogP) is 2.43. The number of aliphatic hydroxyl groups is 1. The van der Waals surface area contributed by atoms with Gasteiger partial charge in [-0.25, -0.2) is 8.42 Å². The minimum atomic E-state index is -3.34. The lowest BCUT2D eigenvalue weighted by molar-refractivity contribution is 0.116. The zero-order valence-corrected chi connectivity index (χ0v) is 18.8. The first kappa shape index (κ1) is 27.1. The number of hydrogen-bond acceptors (Lipinski definition) is 5. The maximum atomic E-state index is 11.8. The average molecular weight is 424 g/mol. The average Bonchev–Trinajstić information content (AvgIpc) is 2.62. The minimum Gasteiger partial charge on any atom is -0.399 e. The van der Waals surface area contributed by atoms with Crippen LogP contribution in [0, 0.1) is 5.92 Å². The lowest BCUT2D eigenvalue weighted by atomic mass is 10.0. The van der Waals surface area contributed by atoms with Crippen LogP contribution in [0.2, 0.25) is 0 Å². The fraction of sp³-hybridized carbons (Fsp3) is 0.455. The molecule has 7 heteroatoms. The largest absolute Gasteiger partial charge is 0.399 e. The molecule has 0 aliphatic carbocycles. The summed E-state index contributed by atoms with van der Waals surface area (Å²) in [6, 6.07) is 9.12. The Kier molecular flexibility index (Phi) is 13.2. The van der Waals surface area contributed by atoms with Crippen molar-refractivity contribution in [1.82, 2.24) is 4.31 Å². The van der Waals surface area contributed by atoms with E-state index in [0.717, 1.165) is 17.5 Å². The molecule has 0 heterocycles. The van der Waals surface area contributed by atoms with Gasteiger partial charge in [-0.2, -0.15) is 4.31 Å². The van der Waals surface area contributed by atoms with Crippen molar-refractivity contribution in [3.05, 3.63) is 72.5 Å². The maximum Gasteiger partial charge on any atom is 0.211 e. The molecule has 164 valence electrons. The molecule has 5 N–H and O–H groups in total. The van der Waals surface area contributed by atoms with E-state index in [1.165, 1.54) is 4.31 Å². The summed E-state index contributed by atoms with van der Waals surface area (Å²) in [5.74, 6) is 0.192. The Bertz CT molecular complexity index is 744. The predicted molar refractivity (Wildman–Crippen MR) is 123 cm³/mol. The van der Waals surface area contributed by atoms with Crippen molar-refractivity contribution in [3.63, 3.8) is 0 Å². The minimum absolute atomic E-state index is 0.0328. The molecule has 2 atom stereocenters. The molecule has 0 aliphatic rings. The van der Waals surface area contributed by atoms with Gasteiger partial charge in [0.2, 0.25) is 10.0 Å². The summed E-state index contributed by atoms with van der Waals surface area (Å²) in [5, 5.41) is 10.2. The first-order valence-corrected chi connectivity index (χ1v) is 11.5. The maximum absolute atomic E-state index is 11.8. The highest BCUT2D eigenvalue weighted by atomic mass is 32.2. The van der Waals surface area contributed by atoms with Crippen LogP contribution >= 0.6 is 0 Å². The van der Waals surface area contributed by atoms with E-state index in [1.54, 1.807) is 12.2 Å². The zero-order valence-electron chi connectivity index (χ0n) is 18.0. The second-order valence-electron chi connectivity index (χ2n) is 7.30. The van der Waals surface area contributed by atoms with Gasteiger partial charge in [-0.15, -0.1) is 0 Å². The molecule has 1 aromatic carbocycles. The Morgan fingerprint density at radius 3 is 2.28 bits per heavy atom. The van der Waals surface area contributed by atoms with Gasteiger partial charge in [-0.1, -0.05) is 62.9 Å². The van der Waals surface area contributed by atoms with E-state index >= 15 is 0 Å². The molecule has 1 aromatic rings. The molecule has 0 saturated heterocycles. The van der Waals surface area contributed by atoms with Crippen LogP contribution in [0.3, 0.4) is 0 Å². The van der Waals surface area contributed by atoms with Crippen LogP contribution in [0.1, 0.15) is 26.3 Å². The lowest BCUT2D eigenvalue weighted by Gasteiger charge is -2.27. The number of nitrogens with two attached hydrogens (primary N) is 2. The summed E-state index contributed by atoms with van der Waals surface area (Å²) in [6.07, 6.45) is 7.90. The topological polar surface area (TPSA) is 110 Å². The van der Waals surface area contributed by atoms with Crippen molar-refractivity contribution in [2.24, 2.45) is 17.4 Å². The number of aliphatic hydroxyl groups excluding tert-OH is 1. The third-order valence-corrected chi connectivity index (χ3v) is 5.14. The Morgan fingerprint density at radius 2 is 1.83 bits per heavy atom. The number of allylic oxidation sites excluding steroid dienone is 4. The van der Waals surface area contributed by atoms with Crippen molar-refractivity contribution in [2.45, 2.75) is 39.3 Å². The summed E-state index contributed by atoms with van der Waals surface area (Å²) < 4.78 is 24.8. The van der Waals surface area contributed by atoms with E-state index in [-0.39, 0.29) is 12.5 Å². The van der Waals surface area contributed by atoms with Gasteiger partial charge in [0.25, 0.3) is 0 Å².